The number of anilines is 1. The lowest BCUT2D eigenvalue weighted by atomic mass is 10.0. The fraction of sp³-hybridized carbons (Fsp3) is 0.444. The van der Waals surface area contributed by atoms with Gasteiger partial charge in [0.1, 0.15) is 0 Å². The Morgan fingerprint density at radius 1 is 1.14 bits per heavy atom. The van der Waals surface area contributed by atoms with E-state index in [4.69, 9.17) is 9.97 Å². The molecule has 0 radical (unpaired) electrons. The molecule has 1 aliphatic carbocycles. The van der Waals surface area contributed by atoms with E-state index in [0.717, 1.165) is 55.1 Å². The highest BCUT2D eigenvalue weighted by Crippen LogP contribution is 2.33. The molecule has 0 amide bonds. The third-order valence-electron chi connectivity index (χ3n) is 4.70. The SMILES string of the molecule is CC(O)c1cccc(-c2nc(N3CCC3)nc3c2CCC3)c1. The van der Waals surface area contributed by atoms with Crippen LogP contribution < -0.4 is 4.90 Å². The number of hydrogen-bond donors (Lipinski definition) is 1. The van der Waals surface area contributed by atoms with Gasteiger partial charge in [0.2, 0.25) is 5.95 Å². The molecule has 0 spiro atoms. The van der Waals surface area contributed by atoms with Crippen LogP contribution in [-0.2, 0) is 12.8 Å². The summed E-state index contributed by atoms with van der Waals surface area (Å²) in [5.41, 5.74) is 5.61. The van der Waals surface area contributed by atoms with E-state index in [0.29, 0.717) is 0 Å². The molecule has 4 heteroatoms. The predicted octanol–water partition coefficient (Wildman–Crippen LogP) is 2.90. The number of aliphatic hydroxyl groups is 1. The Kier molecular flexibility index (Phi) is 3.34. The van der Waals surface area contributed by atoms with Crippen molar-refractivity contribution in [3.63, 3.8) is 0 Å². The van der Waals surface area contributed by atoms with Crippen LogP contribution in [0.4, 0.5) is 5.95 Å². The van der Waals surface area contributed by atoms with Crippen LogP contribution >= 0.6 is 0 Å². The van der Waals surface area contributed by atoms with Crippen molar-refractivity contribution in [1.29, 1.82) is 0 Å². The van der Waals surface area contributed by atoms with E-state index in [1.54, 1.807) is 6.92 Å². The first-order chi connectivity index (χ1) is 10.7. The second kappa shape index (κ2) is 5.36. The third-order valence-corrected chi connectivity index (χ3v) is 4.70. The molecule has 2 aliphatic rings. The van der Waals surface area contributed by atoms with Crippen LogP contribution in [0.5, 0.6) is 0 Å². The minimum Gasteiger partial charge on any atom is -0.389 e. The average Bonchev–Trinajstić information content (AvgIpc) is 2.93. The Bertz CT molecular complexity index is 707. The van der Waals surface area contributed by atoms with Gasteiger partial charge >= 0.3 is 0 Å². The van der Waals surface area contributed by atoms with Crippen LogP contribution in [0, 0.1) is 0 Å². The van der Waals surface area contributed by atoms with E-state index in [9.17, 15) is 5.11 Å². The second-order valence-electron chi connectivity index (χ2n) is 6.29. The van der Waals surface area contributed by atoms with E-state index in [2.05, 4.69) is 17.0 Å². The molecule has 1 aromatic heterocycles. The topological polar surface area (TPSA) is 49.3 Å². The monoisotopic (exact) mass is 295 g/mol. The average molecular weight is 295 g/mol. The first kappa shape index (κ1) is 13.7. The van der Waals surface area contributed by atoms with Gasteiger partial charge in [0.15, 0.2) is 0 Å². The summed E-state index contributed by atoms with van der Waals surface area (Å²) in [6.07, 6.45) is 4.06. The zero-order valence-corrected chi connectivity index (χ0v) is 12.9. The minimum atomic E-state index is -0.454. The minimum absolute atomic E-state index is 0.454. The van der Waals surface area contributed by atoms with Crippen molar-refractivity contribution in [3.05, 3.63) is 41.1 Å². The molecule has 1 atom stereocenters. The largest absolute Gasteiger partial charge is 0.389 e. The summed E-state index contributed by atoms with van der Waals surface area (Å²) < 4.78 is 0. The molecule has 2 aromatic rings. The Labute approximate surface area is 130 Å². The highest BCUT2D eigenvalue weighted by molar-refractivity contribution is 5.67. The number of aliphatic hydroxyl groups excluding tert-OH is 1. The van der Waals surface area contributed by atoms with Crippen molar-refractivity contribution in [1.82, 2.24) is 9.97 Å². The van der Waals surface area contributed by atoms with Gasteiger partial charge in [-0.2, -0.15) is 0 Å². The number of nitrogens with zero attached hydrogens (tertiary/aromatic N) is 3. The molecule has 2 heterocycles. The molecule has 4 nitrogen and oxygen atoms in total. The number of fused-ring (bicyclic) bond motifs is 1. The Morgan fingerprint density at radius 3 is 2.73 bits per heavy atom. The summed E-state index contributed by atoms with van der Waals surface area (Å²) in [4.78, 5) is 11.9. The second-order valence-corrected chi connectivity index (χ2v) is 6.29. The van der Waals surface area contributed by atoms with Gasteiger partial charge in [-0.05, 0) is 44.2 Å². The van der Waals surface area contributed by atoms with Gasteiger partial charge in [0, 0.05) is 29.9 Å². The summed E-state index contributed by atoms with van der Waals surface area (Å²) in [6, 6.07) is 8.12. The predicted molar refractivity (Wildman–Crippen MR) is 87.0 cm³/mol. The lowest BCUT2D eigenvalue weighted by Gasteiger charge is -2.31. The van der Waals surface area contributed by atoms with Gasteiger partial charge in [-0.3, -0.25) is 0 Å². The highest BCUT2D eigenvalue weighted by atomic mass is 16.3. The van der Waals surface area contributed by atoms with E-state index >= 15 is 0 Å². The zero-order chi connectivity index (χ0) is 15.1. The lowest BCUT2D eigenvalue weighted by molar-refractivity contribution is 0.199. The van der Waals surface area contributed by atoms with Gasteiger partial charge < -0.3 is 10.0 Å². The van der Waals surface area contributed by atoms with Crippen LogP contribution in [0.1, 0.15) is 42.7 Å². The number of aryl methyl sites for hydroxylation is 1. The molecule has 22 heavy (non-hydrogen) atoms. The molecule has 0 bridgehead atoms. The first-order valence-corrected chi connectivity index (χ1v) is 8.15. The maximum Gasteiger partial charge on any atom is 0.226 e. The normalized spacial score (nSPS) is 18.0. The lowest BCUT2D eigenvalue weighted by Crippen LogP contribution is -2.38. The molecular formula is C18H21N3O. The number of rotatable bonds is 3. The molecule has 1 aromatic carbocycles. The standard InChI is InChI=1S/C18H21N3O/c1-12(22)13-5-2-6-14(11-13)17-15-7-3-8-16(15)19-18(20-17)21-9-4-10-21/h2,5-6,11-12,22H,3-4,7-10H2,1H3. The van der Waals surface area contributed by atoms with Crippen molar-refractivity contribution in [3.8, 4) is 11.3 Å². The maximum absolute atomic E-state index is 9.84. The fourth-order valence-corrected chi connectivity index (χ4v) is 3.26. The van der Waals surface area contributed by atoms with Gasteiger partial charge in [0.05, 0.1) is 11.8 Å². The van der Waals surface area contributed by atoms with Crippen LogP contribution in [0.2, 0.25) is 0 Å². The molecule has 1 aliphatic heterocycles. The number of benzene rings is 1. The Hall–Kier alpha value is -1.94. The van der Waals surface area contributed by atoms with Crippen LogP contribution in [-0.4, -0.2) is 28.2 Å². The summed E-state index contributed by atoms with van der Waals surface area (Å²) in [7, 11) is 0. The van der Waals surface area contributed by atoms with E-state index in [1.807, 2.05) is 12.1 Å². The quantitative estimate of drug-likeness (QED) is 0.946. The Balaban J connectivity index is 1.83. The third kappa shape index (κ3) is 2.28. The summed E-state index contributed by atoms with van der Waals surface area (Å²) in [5.74, 6) is 0.879. The van der Waals surface area contributed by atoms with Crippen molar-refractivity contribution in [2.75, 3.05) is 18.0 Å². The number of hydrogen-bond acceptors (Lipinski definition) is 4. The molecule has 0 saturated carbocycles. The maximum atomic E-state index is 9.84. The molecule has 1 unspecified atom stereocenters. The molecule has 1 fully saturated rings. The van der Waals surface area contributed by atoms with Gasteiger partial charge in [0.25, 0.3) is 0 Å². The van der Waals surface area contributed by atoms with Crippen molar-refractivity contribution < 1.29 is 5.11 Å². The molecule has 1 N–H and O–H groups in total. The van der Waals surface area contributed by atoms with Crippen LogP contribution in [0.25, 0.3) is 11.3 Å². The Morgan fingerprint density at radius 2 is 2.00 bits per heavy atom. The van der Waals surface area contributed by atoms with Gasteiger partial charge in [-0.1, -0.05) is 18.2 Å². The van der Waals surface area contributed by atoms with E-state index in [-0.39, 0.29) is 0 Å². The van der Waals surface area contributed by atoms with Crippen LogP contribution in [0.15, 0.2) is 24.3 Å². The molecule has 114 valence electrons. The van der Waals surface area contributed by atoms with E-state index in [1.165, 1.54) is 17.7 Å². The van der Waals surface area contributed by atoms with Gasteiger partial charge in [-0.25, -0.2) is 9.97 Å². The summed E-state index contributed by atoms with van der Waals surface area (Å²) in [5, 5.41) is 9.84. The van der Waals surface area contributed by atoms with Gasteiger partial charge in [-0.15, -0.1) is 0 Å². The first-order valence-electron chi connectivity index (χ1n) is 8.15. The summed E-state index contributed by atoms with van der Waals surface area (Å²) >= 11 is 0. The highest BCUT2D eigenvalue weighted by Gasteiger charge is 2.24. The zero-order valence-electron chi connectivity index (χ0n) is 12.9. The van der Waals surface area contributed by atoms with Crippen molar-refractivity contribution in [2.45, 2.75) is 38.7 Å². The number of aromatic nitrogens is 2. The molecule has 1 saturated heterocycles. The summed E-state index contributed by atoms with van der Waals surface area (Å²) in [6.45, 7) is 3.92. The van der Waals surface area contributed by atoms with E-state index < -0.39 is 6.10 Å². The molecule has 4 rings (SSSR count). The van der Waals surface area contributed by atoms with Crippen LogP contribution in [0.3, 0.4) is 0 Å². The van der Waals surface area contributed by atoms with Crippen molar-refractivity contribution in [2.24, 2.45) is 0 Å². The molecular weight excluding hydrogens is 274 g/mol. The smallest absolute Gasteiger partial charge is 0.226 e. The van der Waals surface area contributed by atoms with Crippen molar-refractivity contribution >= 4 is 5.95 Å². The fourth-order valence-electron chi connectivity index (χ4n) is 3.26.